The molecule has 0 spiro atoms. The summed E-state index contributed by atoms with van der Waals surface area (Å²) in [5.74, 6) is -0.276. The van der Waals surface area contributed by atoms with Gasteiger partial charge in [0.1, 0.15) is 18.3 Å². The smallest absolute Gasteiger partial charge is 0.264 e. The molecule has 0 saturated heterocycles. The number of sulfonamides is 1. The Morgan fingerprint density at radius 3 is 2.37 bits per heavy atom. The van der Waals surface area contributed by atoms with Crippen LogP contribution in [-0.4, -0.2) is 50.9 Å². The zero-order chi connectivity index (χ0) is 29.6. The summed E-state index contributed by atoms with van der Waals surface area (Å²) in [6.07, 6.45) is 3.86. The van der Waals surface area contributed by atoms with Crippen LogP contribution in [0.4, 0.5) is 5.69 Å². The van der Waals surface area contributed by atoms with E-state index in [2.05, 4.69) is 5.32 Å². The van der Waals surface area contributed by atoms with Crippen LogP contribution in [0.15, 0.2) is 77.7 Å². The summed E-state index contributed by atoms with van der Waals surface area (Å²) in [6, 6.07) is 18.5. The normalized spacial score (nSPS) is 14.3. The molecule has 2 amide bonds. The molecule has 8 nitrogen and oxygen atoms in total. The van der Waals surface area contributed by atoms with Gasteiger partial charge in [-0.3, -0.25) is 13.9 Å². The lowest BCUT2D eigenvalue weighted by molar-refractivity contribution is -0.139. The molecular formula is C30H33Cl2N3O5S. The Bertz CT molecular complexity index is 1480. The highest BCUT2D eigenvalue weighted by Crippen LogP contribution is 2.33. The van der Waals surface area contributed by atoms with Gasteiger partial charge in [-0.1, -0.05) is 66.4 Å². The maximum Gasteiger partial charge on any atom is 0.264 e. The predicted molar refractivity (Wildman–Crippen MR) is 161 cm³/mol. The fourth-order valence-corrected chi connectivity index (χ4v) is 6.87. The number of methoxy groups -OCH3 is 1. The van der Waals surface area contributed by atoms with Crippen LogP contribution >= 0.6 is 23.2 Å². The van der Waals surface area contributed by atoms with Crippen LogP contribution < -0.4 is 14.4 Å². The van der Waals surface area contributed by atoms with E-state index in [1.54, 1.807) is 50.4 Å². The zero-order valence-electron chi connectivity index (χ0n) is 22.9. The second kappa shape index (κ2) is 13.6. The number of nitrogens with one attached hydrogen (secondary N) is 1. The van der Waals surface area contributed by atoms with E-state index in [9.17, 15) is 18.0 Å². The number of hydrogen-bond donors (Lipinski definition) is 1. The zero-order valence-corrected chi connectivity index (χ0v) is 25.3. The number of hydrogen-bond acceptors (Lipinski definition) is 5. The molecule has 1 aliphatic carbocycles. The molecule has 1 N–H and O–H groups in total. The number of carbonyl (C=O) groups is 2. The number of nitrogens with zero attached hydrogens (tertiary/aromatic N) is 2. The minimum absolute atomic E-state index is 0.00909. The van der Waals surface area contributed by atoms with Gasteiger partial charge in [-0.15, -0.1) is 0 Å². The van der Waals surface area contributed by atoms with Crippen LogP contribution in [0, 0.1) is 0 Å². The highest BCUT2D eigenvalue weighted by Gasteiger charge is 2.34. The summed E-state index contributed by atoms with van der Waals surface area (Å²) in [4.78, 5) is 28.8. The van der Waals surface area contributed by atoms with E-state index >= 15 is 0 Å². The second-order valence-corrected chi connectivity index (χ2v) is 12.7. The lowest BCUT2D eigenvalue weighted by Crippen LogP contribution is -2.52. The van der Waals surface area contributed by atoms with Crippen LogP contribution in [0.5, 0.6) is 5.75 Å². The van der Waals surface area contributed by atoms with Gasteiger partial charge in [0.15, 0.2) is 0 Å². The lowest BCUT2D eigenvalue weighted by Gasteiger charge is -2.32. The highest BCUT2D eigenvalue weighted by atomic mass is 35.5. The van der Waals surface area contributed by atoms with Crippen molar-refractivity contribution in [1.82, 2.24) is 10.2 Å². The quantitative estimate of drug-likeness (QED) is 0.299. The first kappa shape index (κ1) is 30.7. The molecule has 0 aliphatic heterocycles. The molecule has 3 aromatic rings. The Morgan fingerprint density at radius 1 is 1.00 bits per heavy atom. The average Bonchev–Trinajstić information content (AvgIpc) is 3.48. The van der Waals surface area contributed by atoms with Gasteiger partial charge in [0.05, 0.1) is 22.7 Å². The van der Waals surface area contributed by atoms with Crippen molar-refractivity contribution in [3.63, 3.8) is 0 Å². The molecule has 0 bridgehead atoms. The molecule has 0 heterocycles. The van der Waals surface area contributed by atoms with Crippen molar-refractivity contribution < 1.29 is 22.7 Å². The van der Waals surface area contributed by atoms with Gasteiger partial charge in [-0.05, 0) is 67.8 Å². The van der Waals surface area contributed by atoms with Crippen LogP contribution in [0.1, 0.15) is 38.2 Å². The van der Waals surface area contributed by atoms with Crippen molar-refractivity contribution in [2.45, 2.75) is 56.1 Å². The third-order valence-corrected chi connectivity index (χ3v) is 9.46. The molecule has 4 rings (SSSR count). The Labute approximate surface area is 251 Å². The van der Waals surface area contributed by atoms with Crippen LogP contribution in [0.2, 0.25) is 10.0 Å². The van der Waals surface area contributed by atoms with Crippen molar-refractivity contribution >= 4 is 50.7 Å². The van der Waals surface area contributed by atoms with E-state index in [-0.39, 0.29) is 34.1 Å². The second-order valence-electron chi connectivity index (χ2n) is 9.96. The molecule has 0 unspecified atom stereocenters. The summed E-state index contributed by atoms with van der Waals surface area (Å²) >= 11 is 12.5. The van der Waals surface area contributed by atoms with E-state index < -0.39 is 28.5 Å². The van der Waals surface area contributed by atoms with E-state index in [1.165, 1.54) is 35.2 Å². The van der Waals surface area contributed by atoms with Crippen LogP contribution in [0.3, 0.4) is 0 Å². The number of rotatable bonds is 11. The number of carbonyl (C=O) groups excluding carboxylic acids is 2. The van der Waals surface area contributed by atoms with E-state index in [0.29, 0.717) is 10.8 Å². The largest absolute Gasteiger partial charge is 0.497 e. The Hall–Kier alpha value is -3.27. The SMILES string of the molecule is COc1cccc(CN(C(=O)CN(c2ccc(Cl)cc2Cl)S(=O)(=O)c2ccccc2)[C@@H](C)C(=O)NC2CCCC2)c1. The van der Waals surface area contributed by atoms with Crippen molar-refractivity contribution in [2.75, 3.05) is 18.0 Å². The number of ether oxygens (including phenoxy) is 1. The summed E-state index contributed by atoms with van der Waals surface area (Å²) < 4.78 is 34.0. The number of benzene rings is 3. The summed E-state index contributed by atoms with van der Waals surface area (Å²) in [6.45, 7) is 1.11. The van der Waals surface area contributed by atoms with E-state index in [4.69, 9.17) is 27.9 Å². The molecule has 1 atom stereocenters. The molecule has 3 aromatic carbocycles. The van der Waals surface area contributed by atoms with Crippen molar-refractivity contribution in [3.05, 3.63) is 88.4 Å². The topological polar surface area (TPSA) is 96.0 Å². The van der Waals surface area contributed by atoms with Crippen molar-refractivity contribution in [2.24, 2.45) is 0 Å². The average molecular weight is 619 g/mol. The van der Waals surface area contributed by atoms with Gasteiger partial charge in [-0.25, -0.2) is 8.42 Å². The first-order valence-corrected chi connectivity index (χ1v) is 15.6. The predicted octanol–water partition coefficient (Wildman–Crippen LogP) is 5.67. The molecule has 11 heteroatoms. The fourth-order valence-electron chi connectivity index (χ4n) is 4.86. The highest BCUT2D eigenvalue weighted by molar-refractivity contribution is 7.92. The Balaban J connectivity index is 1.71. The van der Waals surface area contributed by atoms with Crippen molar-refractivity contribution in [3.8, 4) is 5.75 Å². The summed E-state index contributed by atoms with van der Waals surface area (Å²) in [5, 5.41) is 3.44. The standard InChI is InChI=1S/C30H33Cl2N3O5S/c1-21(30(37)33-24-10-6-7-11-24)34(19-22-9-8-12-25(17-22)40-2)29(36)20-35(28-16-15-23(31)18-27(28)32)41(38,39)26-13-4-3-5-14-26/h3-5,8-9,12-18,21,24H,6-7,10-11,19-20H2,1-2H3,(H,33,37)/t21-/m0/s1. The Kier molecular flexibility index (Phi) is 10.2. The number of anilines is 1. The first-order valence-electron chi connectivity index (χ1n) is 13.4. The molecule has 41 heavy (non-hydrogen) atoms. The Morgan fingerprint density at radius 2 is 1.71 bits per heavy atom. The molecule has 0 radical (unpaired) electrons. The van der Waals surface area contributed by atoms with Gasteiger partial charge in [-0.2, -0.15) is 0 Å². The van der Waals surface area contributed by atoms with Gasteiger partial charge in [0.25, 0.3) is 10.0 Å². The van der Waals surface area contributed by atoms with Crippen LogP contribution in [0.25, 0.3) is 0 Å². The summed E-state index contributed by atoms with van der Waals surface area (Å²) in [7, 11) is -2.68. The number of halogens is 2. The third-order valence-electron chi connectivity index (χ3n) is 7.14. The molecular weight excluding hydrogens is 585 g/mol. The van der Waals surface area contributed by atoms with Gasteiger partial charge < -0.3 is 15.0 Å². The molecule has 0 aromatic heterocycles. The maximum absolute atomic E-state index is 14.1. The molecule has 218 valence electrons. The third kappa shape index (κ3) is 7.52. The van der Waals surface area contributed by atoms with E-state index in [0.717, 1.165) is 35.6 Å². The van der Waals surface area contributed by atoms with Crippen molar-refractivity contribution in [1.29, 1.82) is 0 Å². The fraction of sp³-hybridized carbons (Fsp3) is 0.333. The number of amides is 2. The lowest BCUT2D eigenvalue weighted by atomic mass is 10.1. The first-order chi connectivity index (χ1) is 19.6. The minimum Gasteiger partial charge on any atom is -0.497 e. The monoisotopic (exact) mass is 617 g/mol. The molecule has 1 fully saturated rings. The van der Waals surface area contributed by atoms with Gasteiger partial charge in [0.2, 0.25) is 11.8 Å². The van der Waals surface area contributed by atoms with Gasteiger partial charge >= 0.3 is 0 Å². The minimum atomic E-state index is -4.23. The van der Waals surface area contributed by atoms with Gasteiger partial charge in [0, 0.05) is 17.6 Å². The summed E-state index contributed by atoms with van der Waals surface area (Å²) in [5.41, 5.74) is 0.817. The van der Waals surface area contributed by atoms with E-state index in [1.807, 2.05) is 6.07 Å². The molecule has 1 saturated carbocycles. The maximum atomic E-state index is 14.1. The van der Waals surface area contributed by atoms with Crippen LogP contribution in [-0.2, 0) is 26.2 Å². The molecule has 1 aliphatic rings.